The molecule has 0 amide bonds. The number of methoxy groups -OCH3 is 1. The van der Waals surface area contributed by atoms with Gasteiger partial charge in [0.05, 0.1) is 17.8 Å². The van der Waals surface area contributed by atoms with Gasteiger partial charge in [-0.1, -0.05) is 41.0 Å². The van der Waals surface area contributed by atoms with E-state index in [2.05, 4.69) is 34.6 Å². The van der Waals surface area contributed by atoms with E-state index in [1.54, 1.807) is 0 Å². The van der Waals surface area contributed by atoms with Crippen molar-refractivity contribution < 1.29 is 14.9 Å². The molecule has 0 heterocycles. The van der Waals surface area contributed by atoms with Gasteiger partial charge in [0.2, 0.25) is 0 Å². The van der Waals surface area contributed by atoms with Crippen molar-refractivity contribution in [1.82, 2.24) is 0 Å². The molecular weight excluding hydrogens is 396 g/mol. The number of rotatable bonds is 7. The first kappa shape index (κ1) is 25.0. The SMILES string of the molecule is CC[C@]1(O)CC[C@@]2(C)[C@@H](CC([C@@H](CC[C@@H](O)C(C)C)OC)[C@@H]3[C@@H]4CCC[C@@]4(C)CC[C@@H]32)C1. The molecule has 0 aromatic rings. The minimum absolute atomic E-state index is 0.236. The van der Waals surface area contributed by atoms with E-state index in [-0.39, 0.29) is 12.2 Å². The Morgan fingerprint density at radius 2 is 1.75 bits per heavy atom. The molecule has 4 saturated carbocycles. The molecule has 186 valence electrons. The standard InChI is InChI=1S/C29H52O3/c1-7-29(31)16-15-28(5)20(18-29)17-21(25(32-6)11-10-24(30)19(2)3)26-22-9-8-13-27(22,4)14-12-23(26)28/h19-26,30-31H,7-18H2,1-6H3/t20-,21?,22-,23-,24+,25+,26+,27-,28-,29-/m0/s1. The summed E-state index contributed by atoms with van der Waals surface area (Å²) in [6, 6.07) is 0. The molecule has 1 unspecified atom stereocenters. The van der Waals surface area contributed by atoms with E-state index in [1.807, 2.05) is 7.11 Å². The van der Waals surface area contributed by atoms with Crippen LogP contribution in [0.15, 0.2) is 0 Å². The zero-order chi connectivity index (χ0) is 23.3. The number of aliphatic hydroxyl groups is 2. The molecule has 0 saturated heterocycles. The number of fused-ring (bicyclic) bond motifs is 5. The van der Waals surface area contributed by atoms with Crippen LogP contribution in [0.4, 0.5) is 0 Å². The highest BCUT2D eigenvalue weighted by Gasteiger charge is 2.62. The van der Waals surface area contributed by atoms with Crippen LogP contribution in [-0.4, -0.2) is 35.1 Å². The Morgan fingerprint density at radius 1 is 1.00 bits per heavy atom. The highest BCUT2D eigenvalue weighted by atomic mass is 16.5. The molecule has 0 bridgehead atoms. The van der Waals surface area contributed by atoms with E-state index in [0.29, 0.717) is 28.6 Å². The van der Waals surface area contributed by atoms with Crippen molar-refractivity contribution in [3.8, 4) is 0 Å². The second-order valence-electron chi connectivity index (χ2n) is 13.4. The van der Waals surface area contributed by atoms with Crippen molar-refractivity contribution >= 4 is 0 Å². The molecule has 10 atom stereocenters. The molecule has 0 radical (unpaired) electrons. The van der Waals surface area contributed by atoms with E-state index < -0.39 is 5.60 Å². The number of ether oxygens (including phenoxy) is 1. The molecule has 4 fully saturated rings. The van der Waals surface area contributed by atoms with Crippen molar-refractivity contribution in [3.05, 3.63) is 0 Å². The van der Waals surface area contributed by atoms with Crippen LogP contribution in [-0.2, 0) is 4.74 Å². The van der Waals surface area contributed by atoms with Crippen LogP contribution in [0, 0.1) is 46.3 Å². The second kappa shape index (κ2) is 9.15. The van der Waals surface area contributed by atoms with Gasteiger partial charge in [-0.3, -0.25) is 0 Å². The van der Waals surface area contributed by atoms with Crippen LogP contribution in [0.25, 0.3) is 0 Å². The zero-order valence-corrected chi connectivity index (χ0v) is 21.9. The van der Waals surface area contributed by atoms with Crippen LogP contribution < -0.4 is 0 Å². The molecule has 4 aliphatic carbocycles. The first-order valence-electron chi connectivity index (χ1n) is 14.0. The van der Waals surface area contributed by atoms with Crippen LogP contribution in [0.5, 0.6) is 0 Å². The largest absolute Gasteiger partial charge is 0.393 e. The first-order valence-corrected chi connectivity index (χ1v) is 14.0. The maximum Gasteiger partial charge on any atom is 0.0648 e. The van der Waals surface area contributed by atoms with Crippen molar-refractivity contribution in [2.75, 3.05) is 7.11 Å². The summed E-state index contributed by atoms with van der Waals surface area (Å²) >= 11 is 0. The van der Waals surface area contributed by atoms with Gasteiger partial charge >= 0.3 is 0 Å². The molecule has 4 aliphatic rings. The van der Waals surface area contributed by atoms with Gasteiger partial charge in [0.25, 0.3) is 0 Å². The monoisotopic (exact) mass is 448 g/mol. The highest BCUT2D eigenvalue weighted by molar-refractivity contribution is 5.11. The molecule has 0 spiro atoms. The second-order valence-corrected chi connectivity index (χ2v) is 13.4. The molecular formula is C29H52O3. The van der Waals surface area contributed by atoms with E-state index >= 15 is 0 Å². The lowest BCUT2D eigenvalue weighted by molar-refractivity contribution is -0.186. The molecule has 0 aromatic heterocycles. The van der Waals surface area contributed by atoms with Crippen molar-refractivity contribution in [1.29, 1.82) is 0 Å². The Bertz CT molecular complexity index is 648. The quantitative estimate of drug-likeness (QED) is 0.461. The molecule has 32 heavy (non-hydrogen) atoms. The van der Waals surface area contributed by atoms with Crippen LogP contribution >= 0.6 is 0 Å². The average Bonchev–Trinajstić information content (AvgIpc) is 3.16. The third-order valence-corrected chi connectivity index (χ3v) is 11.7. The fourth-order valence-electron chi connectivity index (χ4n) is 9.27. The third kappa shape index (κ3) is 4.22. The van der Waals surface area contributed by atoms with E-state index in [4.69, 9.17) is 4.74 Å². The predicted molar refractivity (Wildman–Crippen MR) is 131 cm³/mol. The van der Waals surface area contributed by atoms with Gasteiger partial charge in [-0.25, -0.2) is 0 Å². The highest BCUT2D eigenvalue weighted by Crippen LogP contribution is 2.69. The minimum Gasteiger partial charge on any atom is -0.393 e. The Morgan fingerprint density at radius 3 is 2.41 bits per heavy atom. The van der Waals surface area contributed by atoms with Crippen LogP contribution in [0.2, 0.25) is 0 Å². The first-order chi connectivity index (χ1) is 15.1. The van der Waals surface area contributed by atoms with E-state index in [0.717, 1.165) is 49.9 Å². The van der Waals surface area contributed by atoms with Crippen molar-refractivity contribution in [2.24, 2.45) is 46.3 Å². The Balaban J connectivity index is 1.65. The summed E-state index contributed by atoms with van der Waals surface area (Å²) in [4.78, 5) is 0. The summed E-state index contributed by atoms with van der Waals surface area (Å²) in [6.07, 6.45) is 14.0. The lowest BCUT2D eigenvalue weighted by atomic mass is 9.41. The van der Waals surface area contributed by atoms with Gasteiger partial charge in [-0.05, 0) is 117 Å². The fraction of sp³-hybridized carbons (Fsp3) is 1.00. The maximum absolute atomic E-state index is 11.3. The normalized spacial score (nSPS) is 48.1. The maximum atomic E-state index is 11.3. The van der Waals surface area contributed by atoms with Gasteiger partial charge < -0.3 is 14.9 Å². The molecule has 2 N–H and O–H groups in total. The molecule has 0 aromatic carbocycles. The molecule has 0 aliphatic heterocycles. The van der Waals surface area contributed by atoms with Crippen LogP contribution in [0.1, 0.15) is 112 Å². The van der Waals surface area contributed by atoms with Crippen LogP contribution in [0.3, 0.4) is 0 Å². The Kier molecular flexibility index (Phi) is 7.15. The third-order valence-electron chi connectivity index (χ3n) is 11.7. The topological polar surface area (TPSA) is 49.7 Å². The Hall–Kier alpha value is -0.120. The summed E-state index contributed by atoms with van der Waals surface area (Å²) in [6.45, 7) is 11.6. The van der Waals surface area contributed by atoms with Gasteiger partial charge in [-0.2, -0.15) is 0 Å². The smallest absolute Gasteiger partial charge is 0.0648 e. The average molecular weight is 449 g/mol. The van der Waals surface area contributed by atoms with Crippen molar-refractivity contribution in [3.63, 3.8) is 0 Å². The zero-order valence-electron chi connectivity index (χ0n) is 21.9. The predicted octanol–water partition coefficient (Wildman–Crippen LogP) is 6.60. The molecule has 4 rings (SSSR count). The van der Waals surface area contributed by atoms with Gasteiger partial charge in [0.1, 0.15) is 0 Å². The lowest BCUT2D eigenvalue weighted by Gasteiger charge is -2.64. The summed E-state index contributed by atoms with van der Waals surface area (Å²) < 4.78 is 6.27. The number of aliphatic hydroxyl groups excluding tert-OH is 1. The fourth-order valence-corrected chi connectivity index (χ4v) is 9.27. The summed E-state index contributed by atoms with van der Waals surface area (Å²) in [5.74, 6) is 3.85. The molecule has 3 heteroatoms. The summed E-state index contributed by atoms with van der Waals surface area (Å²) in [5.41, 5.74) is 0.438. The van der Waals surface area contributed by atoms with Gasteiger partial charge in [0, 0.05) is 7.11 Å². The van der Waals surface area contributed by atoms with E-state index in [9.17, 15) is 10.2 Å². The number of hydrogen-bond donors (Lipinski definition) is 2. The van der Waals surface area contributed by atoms with Gasteiger partial charge in [0.15, 0.2) is 0 Å². The lowest BCUT2D eigenvalue weighted by Crippen LogP contribution is -2.59. The minimum atomic E-state index is -0.464. The van der Waals surface area contributed by atoms with E-state index in [1.165, 1.54) is 44.9 Å². The Labute approximate surface area is 198 Å². The summed E-state index contributed by atoms with van der Waals surface area (Å²) in [5, 5.41) is 21.8. The van der Waals surface area contributed by atoms with Gasteiger partial charge in [-0.15, -0.1) is 0 Å². The van der Waals surface area contributed by atoms with Crippen molar-refractivity contribution in [2.45, 2.75) is 129 Å². The molecule has 3 nitrogen and oxygen atoms in total. The number of hydrogen-bond acceptors (Lipinski definition) is 3. The summed E-state index contributed by atoms with van der Waals surface area (Å²) in [7, 11) is 1.91.